The third-order valence-corrected chi connectivity index (χ3v) is 6.02. The van der Waals surface area contributed by atoms with Gasteiger partial charge in [-0.1, -0.05) is 38.0 Å². The Bertz CT molecular complexity index is 826. The molecule has 1 atom stereocenters. The first-order chi connectivity index (χ1) is 14.3. The SMILES string of the molecule is CCCCn1ncc2c1NC(=O)CC2c1ccccc1OCCN1CCCCC1. The fraction of sp³-hybridized carbons (Fsp3) is 0.565. The van der Waals surface area contributed by atoms with Crippen molar-refractivity contribution < 1.29 is 9.53 Å². The van der Waals surface area contributed by atoms with E-state index in [1.165, 1.54) is 32.4 Å². The topological polar surface area (TPSA) is 59.4 Å². The highest BCUT2D eigenvalue weighted by molar-refractivity contribution is 5.94. The Balaban J connectivity index is 1.51. The van der Waals surface area contributed by atoms with Crippen LogP contribution >= 0.6 is 0 Å². The van der Waals surface area contributed by atoms with Crippen molar-refractivity contribution in [3.05, 3.63) is 41.6 Å². The number of hydrogen-bond donors (Lipinski definition) is 1. The first kappa shape index (κ1) is 20.0. The van der Waals surface area contributed by atoms with Crippen LogP contribution in [-0.4, -0.2) is 46.8 Å². The zero-order chi connectivity index (χ0) is 20.1. The summed E-state index contributed by atoms with van der Waals surface area (Å²) in [4.78, 5) is 14.9. The average Bonchev–Trinajstić information content (AvgIpc) is 3.15. The van der Waals surface area contributed by atoms with Gasteiger partial charge in [0.15, 0.2) is 0 Å². The third-order valence-electron chi connectivity index (χ3n) is 6.02. The summed E-state index contributed by atoms with van der Waals surface area (Å²) in [6, 6.07) is 8.15. The van der Waals surface area contributed by atoms with E-state index in [0.29, 0.717) is 13.0 Å². The summed E-state index contributed by atoms with van der Waals surface area (Å²) in [5, 5.41) is 7.59. The molecule has 0 radical (unpaired) electrons. The number of aromatic nitrogens is 2. The second-order valence-corrected chi connectivity index (χ2v) is 8.12. The number of rotatable bonds is 8. The third kappa shape index (κ3) is 4.64. The highest BCUT2D eigenvalue weighted by Gasteiger charge is 2.31. The van der Waals surface area contributed by atoms with Crippen LogP contribution in [0.1, 0.15) is 62.5 Å². The predicted molar refractivity (Wildman–Crippen MR) is 114 cm³/mol. The van der Waals surface area contributed by atoms with E-state index in [1.807, 2.05) is 29.1 Å². The molecule has 0 spiro atoms. The lowest BCUT2D eigenvalue weighted by molar-refractivity contribution is -0.116. The number of aryl methyl sites for hydroxylation is 1. The number of nitrogens with zero attached hydrogens (tertiary/aromatic N) is 3. The van der Waals surface area contributed by atoms with Gasteiger partial charge in [-0.05, 0) is 38.4 Å². The summed E-state index contributed by atoms with van der Waals surface area (Å²) in [6.45, 7) is 6.97. The van der Waals surface area contributed by atoms with E-state index < -0.39 is 0 Å². The average molecular weight is 397 g/mol. The largest absolute Gasteiger partial charge is 0.492 e. The molecule has 0 aliphatic carbocycles. The number of fused-ring (bicyclic) bond motifs is 1. The lowest BCUT2D eigenvalue weighted by atomic mass is 9.87. The molecule has 1 aromatic carbocycles. The van der Waals surface area contributed by atoms with E-state index in [9.17, 15) is 4.79 Å². The molecule has 2 aliphatic heterocycles. The van der Waals surface area contributed by atoms with Gasteiger partial charge in [-0.2, -0.15) is 5.10 Å². The van der Waals surface area contributed by atoms with E-state index in [1.54, 1.807) is 0 Å². The molecule has 0 saturated carbocycles. The van der Waals surface area contributed by atoms with Crippen molar-refractivity contribution >= 4 is 11.7 Å². The van der Waals surface area contributed by atoms with Crippen LogP contribution in [0.15, 0.2) is 30.5 Å². The monoisotopic (exact) mass is 396 g/mol. The first-order valence-corrected chi connectivity index (χ1v) is 11.1. The van der Waals surface area contributed by atoms with Crippen molar-refractivity contribution in [2.45, 2.75) is 57.9 Å². The molecule has 3 heterocycles. The van der Waals surface area contributed by atoms with Gasteiger partial charge in [0.1, 0.15) is 18.2 Å². The minimum Gasteiger partial charge on any atom is -0.492 e. The van der Waals surface area contributed by atoms with Crippen LogP contribution in [0.4, 0.5) is 5.82 Å². The summed E-state index contributed by atoms with van der Waals surface area (Å²) >= 11 is 0. The van der Waals surface area contributed by atoms with Gasteiger partial charge in [-0.15, -0.1) is 0 Å². The molecule has 156 valence electrons. The Hall–Kier alpha value is -2.34. The molecule has 6 heteroatoms. The summed E-state index contributed by atoms with van der Waals surface area (Å²) in [5.74, 6) is 1.77. The maximum Gasteiger partial charge on any atom is 0.226 e. The molecular formula is C23H32N4O2. The standard InChI is InChI=1S/C23H32N4O2/c1-2-3-13-27-23-20(17-24-27)19(16-22(28)25-23)18-9-5-6-10-21(18)29-15-14-26-11-7-4-8-12-26/h5-6,9-10,17,19H,2-4,7-8,11-16H2,1H3,(H,25,28). The van der Waals surface area contributed by atoms with Crippen molar-refractivity contribution in [1.82, 2.24) is 14.7 Å². The van der Waals surface area contributed by atoms with Gasteiger partial charge < -0.3 is 10.1 Å². The number of hydrogen-bond acceptors (Lipinski definition) is 4. The van der Waals surface area contributed by atoms with Crippen LogP contribution in [0, 0.1) is 0 Å². The Morgan fingerprint density at radius 1 is 1.14 bits per heavy atom. The van der Waals surface area contributed by atoms with Crippen molar-refractivity contribution in [3.63, 3.8) is 0 Å². The molecule has 6 nitrogen and oxygen atoms in total. The molecule has 2 aromatic rings. The molecule has 29 heavy (non-hydrogen) atoms. The number of carbonyl (C=O) groups is 1. The molecule has 2 aliphatic rings. The molecule has 4 rings (SSSR count). The molecule has 1 saturated heterocycles. The second kappa shape index (κ2) is 9.44. The summed E-state index contributed by atoms with van der Waals surface area (Å²) < 4.78 is 8.15. The van der Waals surface area contributed by atoms with E-state index in [2.05, 4.69) is 28.3 Å². The molecule has 1 aromatic heterocycles. The molecule has 1 unspecified atom stereocenters. The number of ether oxygens (including phenoxy) is 1. The predicted octanol–water partition coefficient (Wildman–Crippen LogP) is 4.02. The van der Waals surface area contributed by atoms with E-state index in [4.69, 9.17) is 4.74 Å². The summed E-state index contributed by atoms with van der Waals surface area (Å²) in [7, 11) is 0. The number of amides is 1. The van der Waals surface area contributed by atoms with E-state index in [0.717, 1.165) is 48.6 Å². The summed E-state index contributed by atoms with van der Waals surface area (Å²) in [6.07, 6.45) is 8.42. The Labute approximate surface area is 173 Å². The maximum atomic E-state index is 12.5. The minimum absolute atomic E-state index is 0.0136. The van der Waals surface area contributed by atoms with Gasteiger partial charge in [0.2, 0.25) is 5.91 Å². The highest BCUT2D eigenvalue weighted by Crippen LogP contribution is 2.40. The molecule has 1 fully saturated rings. The van der Waals surface area contributed by atoms with Crippen LogP contribution in [-0.2, 0) is 11.3 Å². The van der Waals surface area contributed by atoms with Crippen molar-refractivity contribution in [2.24, 2.45) is 0 Å². The number of anilines is 1. The fourth-order valence-corrected chi connectivity index (χ4v) is 4.39. The Morgan fingerprint density at radius 3 is 2.79 bits per heavy atom. The normalized spacial score (nSPS) is 19.6. The van der Waals surface area contributed by atoms with E-state index >= 15 is 0 Å². The van der Waals surface area contributed by atoms with Crippen LogP contribution in [0.2, 0.25) is 0 Å². The number of benzene rings is 1. The Kier molecular flexibility index (Phi) is 6.49. The molecule has 1 amide bonds. The van der Waals surface area contributed by atoms with Gasteiger partial charge in [0, 0.05) is 36.6 Å². The van der Waals surface area contributed by atoms with Crippen LogP contribution < -0.4 is 10.1 Å². The lowest BCUT2D eigenvalue weighted by Gasteiger charge is -2.27. The number of carbonyl (C=O) groups excluding carboxylic acids is 1. The van der Waals surface area contributed by atoms with Crippen molar-refractivity contribution in [1.29, 1.82) is 0 Å². The first-order valence-electron chi connectivity index (χ1n) is 11.1. The van der Waals surface area contributed by atoms with Crippen LogP contribution in [0.3, 0.4) is 0 Å². The molecular weight excluding hydrogens is 364 g/mol. The van der Waals surface area contributed by atoms with Gasteiger partial charge in [-0.25, -0.2) is 4.68 Å². The number of piperidine rings is 1. The molecule has 0 bridgehead atoms. The smallest absolute Gasteiger partial charge is 0.226 e. The van der Waals surface area contributed by atoms with Gasteiger partial charge in [0.05, 0.1) is 6.20 Å². The van der Waals surface area contributed by atoms with Gasteiger partial charge in [-0.3, -0.25) is 9.69 Å². The molecule has 1 N–H and O–H groups in total. The van der Waals surface area contributed by atoms with Crippen LogP contribution in [0.5, 0.6) is 5.75 Å². The van der Waals surface area contributed by atoms with E-state index in [-0.39, 0.29) is 11.8 Å². The number of likely N-dealkylation sites (tertiary alicyclic amines) is 1. The second-order valence-electron chi connectivity index (χ2n) is 8.12. The lowest BCUT2D eigenvalue weighted by Crippen LogP contribution is -2.33. The quantitative estimate of drug-likeness (QED) is 0.732. The number of unbranched alkanes of at least 4 members (excludes halogenated alkanes) is 1. The maximum absolute atomic E-state index is 12.5. The minimum atomic E-state index is -0.0136. The highest BCUT2D eigenvalue weighted by atomic mass is 16.5. The fourth-order valence-electron chi connectivity index (χ4n) is 4.39. The van der Waals surface area contributed by atoms with Crippen LogP contribution in [0.25, 0.3) is 0 Å². The summed E-state index contributed by atoms with van der Waals surface area (Å²) in [5.41, 5.74) is 2.17. The Morgan fingerprint density at radius 2 is 1.97 bits per heavy atom. The zero-order valence-corrected chi connectivity index (χ0v) is 17.4. The van der Waals surface area contributed by atoms with Crippen molar-refractivity contribution in [3.8, 4) is 5.75 Å². The number of para-hydroxylation sites is 1. The zero-order valence-electron chi connectivity index (χ0n) is 17.4. The number of nitrogens with one attached hydrogen (secondary N) is 1. The van der Waals surface area contributed by atoms with Gasteiger partial charge in [0.25, 0.3) is 0 Å². The van der Waals surface area contributed by atoms with Gasteiger partial charge >= 0.3 is 0 Å². The van der Waals surface area contributed by atoms with Crippen molar-refractivity contribution in [2.75, 3.05) is 31.6 Å².